The van der Waals surface area contributed by atoms with Crippen molar-refractivity contribution in [2.75, 3.05) is 0 Å². The summed E-state index contributed by atoms with van der Waals surface area (Å²) < 4.78 is 1.82. The quantitative estimate of drug-likeness (QED) is 0.691. The van der Waals surface area contributed by atoms with Gasteiger partial charge < -0.3 is 0 Å². The maximum absolute atomic E-state index is 5.86. The number of halogens is 1. The third-order valence-corrected chi connectivity index (χ3v) is 3.94. The van der Waals surface area contributed by atoms with Gasteiger partial charge in [-0.25, -0.2) is 4.98 Å². The Morgan fingerprint density at radius 1 is 1.05 bits per heavy atom. The number of nitrogens with zero attached hydrogens (tertiary/aromatic N) is 4. The summed E-state index contributed by atoms with van der Waals surface area (Å²) in [4.78, 5) is 3.98. The number of benzene rings is 1. The molecule has 0 amide bonds. The number of aromatic nitrogens is 4. The highest BCUT2D eigenvalue weighted by Crippen LogP contribution is 2.21. The molecule has 0 bridgehead atoms. The third kappa shape index (κ3) is 3.18. The van der Waals surface area contributed by atoms with E-state index in [2.05, 4.69) is 15.2 Å². The van der Waals surface area contributed by atoms with Crippen LogP contribution in [0.2, 0.25) is 5.02 Å². The molecule has 0 aliphatic rings. The monoisotopic (exact) mass is 302 g/mol. The summed E-state index contributed by atoms with van der Waals surface area (Å²) in [5.74, 6) is 1.61. The van der Waals surface area contributed by atoms with Gasteiger partial charge in [0.1, 0.15) is 11.4 Å². The van der Waals surface area contributed by atoms with Crippen molar-refractivity contribution in [1.29, 1.82) is 0 Å². The Balaban J connectivity index is 1.65. The molecule has 0 radical (unpaired) electrons. The molecular weight excluding hydrogens is 292 g/mol. The summed E-state index contributed by atoms with van der Waals surface area (Å²) in [6.45, 7) is 0. The fourth-order valence-corrected chi connectivity index (χ4v) is 2.56. The number of hydrogen-bond acceptors (Lipinski definition) is 4. The maximum atomic E-state index is 5.86. The van der Waals surface area contributed by atoms with Crippen LogP contribution in [0.15, 0.2) is 60.1 Å². The zero-order chi connectivity index (χ0) is 13.8. The molecule has 6 heteroatoms. The first-order valence-electron chi connectivity index (χ1n) is 6.00. The molecule has 4 nitrogen and oxygen atoms in total. The zero-order valence-corrected chi connectivity index (χ0v) is 12.1. The van der Waals surface area contributed by atoms with Gasteiger partial charge in [-0.15, -0.1) is 10.2 Å². The van der Waals surface area contributed by atoms with E-state index in [0.29, 0.717) is 0 Å². The van der Waals surface area contributed by atoms with Crippen LogP contribution in [0.1, 0.15) is 5.56 Å². The van der Waals surface area contributed by atoms with Crippen molar-refractivity contribution >= 4 is 23.4 Å². The second-order valence-corrected chi connectivity index (χ2v) is 5.55. The lowest BCUT2D eigenvalue weighted by atomic mass is 10.2. The lowest BCUT2D eigenvalue weighted by molar-refractivity contribution is 0.861. The number of thioether (sulfide) groups is 1. The van der Waals surface area contributed by atoms with Crippen LogP contribution in [0.25, 0.3) is 5.82 Å². The van der Waals surface area contributed by atoms with Gasteiger partial charge in [-0.05, 0) is 29.8 Å². The minimum Gasteiger partial charge on any atom is -0.289 e. The summed E-state index contributed by atoms with van der Waals surface area (Å²) in [5, 5.41) is 10.0. The highest BCUT2D eigenvalue weighted by Gasteiger charge is 2.01. The van der Waals surface area contributed by atoms with Crippen LogP contribution in [-0.4, -0.2) is 19.7 Å². The Bertz CT molecular complexity index is 665. The van der Waals surface area contributed by atoms with Gasteiger partial charge in [0.25, 0.3) is 0 Å². The molecule has 0 spiro atoms. The van der Waals surface area contributed by atoms with E-state index >= 15 is 0 Å². The van der Waals surface area contributed by atoms with Gasteiger partial charge in [-0.1, -0.05) is 35.5 Å². The Morgan fingerprint density at radius 2 is 1.90 bits per heavy atom. The van der Waals surface area contributed by atoms with E-state index in [4.69, 9.17) is 11.6 Å². The van der Waals surface area contributed by atoms with E-state index in [-0.39, 0.29) is 0 Å². The molecule has 1 aromatic carbocycles. The molecule has 100 valence electrons. The number of hydrogen-bond donors (Lipinski definition) is 0. The van der Waals surface area contributed by atoms with Crippen molar-refractivity contribution in [3.63, 3.8) is 0 Å². The molecule has 3 aromatic rings. The van der Waals surface area contributed by atoms with Crippen LogP contribution >= 0.6 is 23.4 Å². The number of imidazole rings is 1. The topological polar surface area (TPSA) is 43.6 Å². The maximum Gasteiger partial charge on any atom is 0.160 e. The average Bonchev–Trinajstić information content (AvgIpc) is 3.01. The minimum atomic E-state index is 0.753. The molecular formula is C14H11ClN4S. The van der Waals surface area contributed by atoms with E-state index in [9.17, 15) is 0 Å². The normalized spacial score (nSPS) is 10.7. The Hall–Kier alpha value is -1.85. The molecule has 3 rings (SSSR count). The highest BCUT2D eigenvalue weighted by atomic mass is 35.5. The average molecular weight is 303 g/mol. The highest BCUT2D eigenvalue weighted by molar-refractivity contribution is 7.98. The second kappa shape index (κ2) is 6.07. The molecule has 0 N–H and O–H groups in total. The standard InChI is InChI=1S/C14H11ClN4S/c15-12-3-1-11(2-4-12)9-20-14-6-5-13(17-18-14)19-8-7-16-10-19/h1-8,10H,9H2. The summed E-state index contributed by atoms with van der Waals surface area (Å²) in [6, 6.07) is 11.7. The van der Waals surface area contributed by atoms with Gasteiger partial charge >= 0.3 is 0 Å². The first-order valence-corrected chi connectivity index (χ1v) is 7.37. The fourth-order valence-electron chi connectivity index (χ4n) is 1.66. The van der Waals surface area contributed by atoms with Gasteiger partial charge in [0.2, 0.25) is 0 Å². The number of rotatable bonds is 4. The molecule has 0 atom stereocenters. The third-order valence-electron chi connectivity index (χ3n) is 2.69. The van der Waals surface area contributed by atoms with E-state index in [0.717, 1.165) is 21.6 Å². The van der Waals surface area contributed by atoms with Crippen LogP contribution in [0.4, 0.5) is 0 Å². The van der Waals surface area contributed by atoms with Crippen molar-refractivity contribution in [2.45, 2.75) is 10.8 Å². The van der Waals surface area contributed by atoms with Crippen LogP contribution in [0, 0.1) is 0 Å². The summed E-state index contributed by atoms with van der Waals surface area (Å²) >= 11 is 7.50. The van der Waals surface area contributed by atoms with Crippen LogP contribution < -0.4 is 0 Å². The molecule has 0 saturated heterocycles. The second-order valence-electron chi connectivity index (χ2n) is 4.11. The first kappa shape index (κ1) is 13.1. The van der Waals surface area contributed by atoms with Crippen LogP contribution in [-0.2, 0) is 5.75 Å². The minimum absolute atomic E-state index is 0.753. The predicted molar refractivity (Wildman–Crippen MR) is 80.2 cm³/mol. The van der Waals surface area contributed by atoms with Gasteiger partial charge in [0.05, 0.1) is 0 Å². The predicted octanol–water partition coefficient (Wildman–Crippen LogP) is 3.61. The SMILES string of the molecule is Clc1ccc(CSc2ccc(-n3ccnc3)nn2)cc1. The van der Waals surface area contributed by atoms with Gasteiger partial charge in [-0.3, -0.25) is 4.57 Å². The van der Waals surface area contributed by atoms with Gasteiger partial charge in [0.15, 0.2) is 5.82 Å². The Labute approximate surface area is 125 Å². The van der Waals surface area contributed by atoms with Crippen molar-refractivity contribution in [3.8, 4) is 5.82 Å². The van der Waals surface area contributed by atoms with Gasteiger partial charge in [0, 0.05) is 23.2 Å². The fraction of sp³-hybridized carbons (Fsp3) is 0.0714. The molecule has 20 heavy (non-hydrogen) atoms. The van der Waals surface area contributed by atoms with E-state index in [1.54, 1.807) is 24.3 Å². The molecule has 0 fully saturated rings. The molecule has 0 aliphatic heterocycles. The molecule has 0 aliphatic carbocycles. The van der Waals surface area contributed by atoms with E-state index < -0.39 is 0 Å². The van der Waals surface area contributed by atoms with E-state index in [1.807, 2.05) is 47.2 Å². The summed E-state index contributed by atoms with van der Waals surface area (Å²) in [5.41, 5.74) is 1.21. The molecule has 2 heterocycles. The lowest BCUT2D eigenvalue weighted by Gasteiger charge is -2.03. The van der Waals surface area contributed by atoms with Crippen molar-refractivity contribution in [3.05, 3.63) is 65.7 Å². The largest absolute Gasteiger partial charge is 0.289 e. The zero-order valence-electron chi connectivity index (χ0n) is 10.5. The van der Waals surface area contributed by atoms with Gasteiger partial charge in [-0.2, -0.15) is 0 Å². The Morgan fingerprint density at radius 3 is 2.55 bits per heavy atom. The summed E-state index contributed by atoms with van der Waals surface area (Å²) in [7, 11) is 0. The van der Waals surface area contributed by atoms with Crippen molar-refractivity contribution < 1.29 is 0 Å². The smallest absolute Gasteiger partial charge is 0.160 e. The lowest BCUT2D eigenvalue weighted by Crippen LogP contribution is -1.96. The summed E-state index contributed by atoms with van der Waals surface area (Å²) in [6.07, 6.45) is 5.25. The molecule has 0 unspecified atom stereocenters. The van der Waals surface area contributed by atoms with Crippen molar-refractivity contribution in [1.82, 2.24) is 19.7 Å². The molecule has 0 saturated carbocycles. The van der Waals surface area contributed by atoms with Crippen LogP contribution in [0.5, 0.6) is 0 Å². The van der Waals surface area contributed by atoms with Crippen LogP contribution in [0.3, 0.4) is 0 Å². The molecule has 2 aromatic heterocycles. The van der Waals surface area contributed by atoms with E-state index in [1.165, 1.54) is 5.56 Å². The van der Waals surface area contributed by atoms with Crippen molar-refractivity contribution in [2.24, 2.45) is 0 Å². The first-order chi connectivity index (χ1) is 9.81. The Kier molecular flexibility index (Phi) is 3.99.